The van der Waals surface area contributed by atoms with Gasteiger partial charge < -0.3 is 10.2 Å². The Kier molecular flexibility index (Phi) is 12.3. The number of anilines is 1. The maximum absolute atomic E-state index is 13.9. The monoisotopic (exact) mass is 631 g/mol. The Hall–Kier alpha value is -3.07. The van der Waals surface area contributed by atoms with Crippen LogP contribution in [0, 0.1) is 6.92 Å². The molecule has 0 saturated carbocycles. The molecule has 2 amide bonds. The van der Waals surface area contributed by atoms with Crippen LogP contribution in [-0.4, -0.2) is 50.0 Å². The number of rotatable bonds is 14. The lowest BCUT2D eigenvalue weighted by Gasteiger charge is -2.33. The predicted octanol–water partition coefficient (Wildman–Crippen LogP) is 6.40. The van der Waals surface area contributed by atoms with E-state index in [1.54, 1.807) is 41.3 Å². The van der Waals surface area contributed by atoms with Crippen LogP contribution in [0.15, 0.2) is 72.8 Å². The highest BCUT2D eigenvalue weighted by Crippen LogP contribution is 2.25. The van der Waals surface area contributed by atoms with Gasteiger partial charge in [0, 0.05) is 42.0 Å². The second-order valence-corrected chi connectivity index (χ2v) is 13.3. The molecule has 0 spiro atoms. The summed E-state index contributed by atoms with van der Waals surface area (Å²) < 4.78 is 26.6. The van der Waals surface area contributed by atoms with Gasteiger partial charge in [0.1, 0.15) is 6.04 Å². The molecule has 0 saturated heterocycles. The van der Waals surface area contributed by atoms with E-state index in [1.165, 1.54) is 4.31 Å². The number of amides is 2. The molecular weight excluding hydrogens is 593 g/mol. The van der Waals surface area contributed by atoms with E-state index < -0.39 is 16.1 Å². The highest BCUT2D eigenvalue weighted by atomic mass is 35.5. The standard InChI is InChI=1S/C32H39Cl2N3O4S/c1-5-24(3)35-32(39)30(20-25-12-7-6-8-13-25)36(22-26-16-17-27(33)21-29(26)34)31(38)15-10-18-37(42(4,40)41)28-14-9-11-23(2)19-28/h6-9,11-14,16-17,19,21,24,30H,5,10,15,18,20,22H2,1-4H3,(H,35,39)/t24-,30-/m1/s1. The van der Waals surface area contributed by atoms with Crippen molar-refractivity contribution >= 4 is 50.7 Å². The maximum Gasteiger partial charge on any atom is 0.243 e. The average Bonchev–Trinajstić information content (AvgIpc) is 2.93. The first-order valence-corrected chi connectivity index (χ1v) is 16.6. The summed E-state index contributed by atoms with van der Waals surface area (Å²) in [5.41, 5.74) is 3.04. The van der Waals surface area contributed by atoms with Crippen LogP contribution in [-0.2, 0) is 32.6 Å². The van der Waals surface area contributed by atoms with Crippen molar-refractivity contribution in [3.8, 4) is 0 Å². The second-order valence-electron chi connectivity index (χ2n) is 10.6. The van der Waals surface area contributed by atoms with Gasteiger partial charge in [0.25, 0.3) is 0 Å². The third kappa shape index (κ3) is 9.75. The number of hydrogen-bond acceptors (Lipinski definition) is 4. The summed E-state index contributed by atoms with van der Waals surface area (Å²) in [6.45, 7) is 6.00. The smallest absolute Gasteiger partial charge is 0.243 e. The Morgan fingerprint density at radius 2 is 1.69 bits per heavy atom. The lowest BCUT2D eigenvalue weighted by atomic mass is 10.0. The molecule has 10 heteroatoms. The molecule has 0 aliphatic heterocycles. The Labute approximate surface area is 259 Å². The highest BCUT2D eigenvalue weighted by molar-refractivity contribution is 7.92. The quantitative estimate of drug-likeness (QED) is 0.223. The van der Waals surface area contributed by atoms with Gasteiger partial charge >= 0.3 is 0 Å². The number of aryl methyl sites for hydroxylation is 1. The molecular formula is C32H39Cl2N3O4S. The van der Waals surface area contributed by atoms with Crippen LogP contribution in [0.3, 0.4) is 0 Å². The van der Waals surface area contributed by atoms with E-state index in [-0.39, 0.29) is 43.8 Å². The molecule has 0 aromatic heterocycles. The molecule has 2 atom stereocenters. The van der Waals surface area contributed by atoms with Gasteiger partial charge in [-0.3, -0.25) is 13.9 Å². The Balaban J connectivity index is 1.92. The van der Waals surface area contributed by atoms with Gasteiger partial charge in [-0.05, 0) is 67.6 Å². The molecule has 0 fully saturated rings. The summed E-state index contributed by atoms with van der Waals surface area (Å²) in [4.78, 5) is 29.2. The first-order valence-electron chi connectivity index (χ1n) is 14.0. The molecule has 3 rings (SSSR count). The molecule has 0 heterocycles. The average molecular weight is 633 g/mol. The zero-order chi connectivity index (χ0) is 30.9. The van der Waals surface area contributed by atoms with Crippen molar-refractivity contribution in [1.29, 1.82) is 0 Å². The molecule has 1 N–H and O–H groups in total. The SMILES string of the molecule is CC[C@@H](C)NC(=O)[C@@H](Cc1ccccc1)N(Cc1ccc(Cl)cc1Cl)C(=O)CCCN(c1cccc(C)c1)S(C)(=O)=O. The highest BCUT2D eigenvalue weighted by Gasteiger charge is 2.31. The maximum atomic E-state index is 13.9. The van der Waals surface area contributed by atoms with Crippen LogP contribution < -0.4 is 9.62 Å². The molecule has 7 nitrogen and oxygen atoms in total. The van der Waals surface area contributed by atoms with Gasteiger partial charge in [0.2, 0.25) is 21.8 Å². The Bertz CT molecular complexity index is 1470. The second kappa shape index (κ2) is 15.4. The minimum Gasteiger partial charge on any atom is -0.352 e. The van der Waals surface area contributed by atoms with Crippen molar-refractivity contribution in [2.24, 2.45) is 0 Å². The molecule has 0 radical (unpaired) electrons. The van der Waals surface area contributed by atoms with Crippen molar-refractivity contribution in [2.45, 2.75) is 65.1 Å². The molecule has 226 valence electrons. The minimum atomic E-state index is -3.58. The zero-order valence-electron chi connectivity index (χ0n) is 24.5. The van der Waals surface area contributed by atoms with Gasteiger partial charge in [-0.25, -0.2) is 8.42 Å². The van der Waals surface area contributed by atoms with Gasteiger partial charge in [0.15, 0.2) is 0 Å². The minimum absolute atomic E-state index is 0.0327. The fraction of sp³-hybridized carbons (Fsp3) is 0.375. The number of nitrogens with one attached hydrogen (secondary N) is 1. The van der Waals surface area contributed by atoms with Crippen LogP contribution in [0.25, 0.3) is 0 Å². The van der Waals surface area contributed by atoms with Crippen molar-refractivity contribution in [3.05, 3.63) is 99.5 Å². The van der Waals surface area contributed by atoms with Crippen LogP contribution in [0.2, 0.25) is 10.0 Å². The van der Waals surface area contributed by atoms with Gasteiger partial charge in [-0.1, -0.05) is 78.7 Å². The summed E-state index contributed by atoms with van der Waals surface area (Å²) in [5, 5.41) is 3.90. The summed E-state index contributed by atoms with van der Waals surface area (Å²) in [6.07, 6.45) is 2.49. The molecule has 0 aliphatic rings. The fourth-order valence-corrected chi connectivity index (χ4v) is 6.04. The number of carbonyl (C=O) groups is 2. The fourth-order valence-electron chi connectivity index (χ4n) is 4.62. The number of benzene rings is 3. The molecule has 0 aliphatic carbocycles. The summed E-state index contributed by atoms with van der Waals surface area (Å²) in [5.74, 6) is -0.539. The van der Waals surface area contributed by atoms with Crippen molar-refractivity contribution in [2.75, 3.05) is 17.1 Å². The van der Waals surface area contributed by atoms with Crippen LogP contribution in [0.1, 0.15) is 49.8 Å². The molecule has 0 bridgehead atoms. The number of halogens is 2. The number of hydrogen-bond donors (Lipinski definition) is 1. The van der Waals surface area contributed by atoms with Gasteiger partial charge in [-0.2, -0.15) is 0 Å². The Morgan fingerprint density at radius 3 is 2.31 bits per heavy atom. The largest absolute Gasteiger partial charge is 0.352 e. The summed E-state index contributed by atoms with van der Waals surface area (Å²) >= 11 is 12.6. The molecule has 3 aromatic rings. The molecule has 3 aromatic carbocycles. The third-order valence-electron chi connectivity index (χ3n) is 7.07. The van der Waals surface area contributed by atoms with E-state index in [9.17, 15) is 18.0 Å². The van der Waals surface area contributed by atoms with E-state index in [0.717, 1.165) is 23.8 Å². The normalized spacial score (nSPS) is 12.8. The van der Waals surface area contributed by atoms with Crippen molar-refractivity contribution in [3.63, 3.8) is 0 Å². The lowest BCUT2D eigenvalue weighted by Crippen LogP contribution is -2.52. The van der Waals surface area contributed by atoms with E-state index in [2.05, 4.69) is 5.32 Å². The summed E-state index contributed by atoms with van der Waals surface area (Å²) in [6, 6.07) is 20.9. The summed E-state index contributed by atoms with van der Waals surface area (Å²) in [7, 11) is -3.58. The zero-order valence-corrected chi connectivity index (χ0v) is 26.8. The van der Waals surface area contributed by atoms with E-state index >= 15 is 0 Å². The van der Waals surface area contributed by atoms with Gasteiger partial charge in [-0.15, -0.1) is 0 Å². The molecule has 0 unspecified atom stereocenters. The Morgan fingerprint density at radius 1 is 0.976 bits per heavy atom. The van der Waals surface area contributed by atoms with E-state index in [0.29, 0.717) is 27.7 Å². The third-order valence-corrected chi connectivity index (χ3v) is 8.85. The van der Waals surface area contributed by atoms with Crippen molar-refractivity contribution in [1.82, 2.24) is 10.2 Å². The topological polar surface area (TPSA) is 86.8 Å². The number of sulfonamides is 1. The van der Waals surface area contributed by atoms with Crippen LogP contribution in [0.4, 0.5) is 5.69 Å². The van der Waals surface area contributed by atoms with Gasteiger partial charge in [0.05, 0.1) is 11.9 Å². The first kappa shape index (κ1) is 33.4. The lowest BCUT2D eigenvalue weighted by molar-refractivity contribution is -0.141. The molecule has 42 heavy (non-hydrogen) atoms. The van der Waals surface area contributed by atoms with Crippen molar-refractivity contribution < 1.29 is 18.0 Å². The van der Waals surface area contributed by atoms with Crippen LogP contribution in [0.5, 0.6) is 0 Å². The van der Waals surface area contributed by atoms with E-state index in [4.69, 9.17) is 23.2 Å². The number of nitrogens with zero attached hydrogens (tertiary/aromatic N) is 2. The first-order chi connectivity index (χ1) is 19.9. The van der Waals surface area contributed by atoms with Crippen LogP contribution >= 0.6 is 23.2 Å². The van der Waals surface area contributed by atoms with E-state index in [1.807, 2.05) is 57.2 Å². The predicted molar refractivity (Wildman–Crippen MR) is 171 cm³/mol. The number of carbonyl (C=O) groups excluding carboxylic acids is 2.